The molecule has 116 valence electrons. The highest BCUT2D eigenvalue weighted by Gasteiger charge is 2.22. The lowest BCUT2D eigenvalue weighted by Crippen LogP contribution is -2.38. The van der Waals surface area contributed by atoms with E-state index in [9.17, 15) is 0 Å². The summed E-state index contributed by atoms with van der Waals surface area (Å²) in [5, 5.41) is 8.39. The van der Waals surface area contributed by atoms with Crippen molar-refractivity contribution in [2.75, 3.05) is 6.54 Å². The van der Waals surface area contributed by atoms with E-state index in [4.69, 9.17) is 5.10 Å². The first-order valence-electron chi connectivity index (χ1n) is 8.10. The Morgan fingerprint density at radius 3 is 2.25 bits per heavy atom. The molecule has 20 heavy (non-hydrogen) atoms. The SMILES string of the molecule is CCNC(Cc1c(Br)c(CC)nn1CC)C(CC)CC. The number of hydrogen-bond acceptors (Lipinski definition) is 2. The van der Waals surface area contributed by atoms with Gasteiger partial charge in [0.15, 0.2) is 0 Å². The van der Waals surface area contributed by atoms with Gasteiger partial charge in [-0.3, -0.25) is 4.68 Å². The van der Waals surface area contributed by atoms with Crippen molar-refractivity contribution in [3.63, 3.8) is 0 Å². The zero-order chi connectivity index (χ0) is 15.1. The van der Waals surface area contributed by atoms with Crippen LogP contribution in [0.25, 0.3) is 0 Å². The lowest BCUT2D eigenvalue weighted by Gasteiger charge is -2.26. The minimum absolute atomic E-state index is 0.540. The molecule has 0 amide bonds. The summed E-state index contributed by atoms with van der Waals surface area (Å²) in [6, 6.07) is 0.540. The number of rotatable bonds is 9. The molecule has 3 nitrogen and oxygen atoms in total. The highest BCUT2D eigenvalue weighted by atomic mass is 79.9. The van der Waals surface area contributed by atoms with Crippen LogP contribution in [0.15, 0.2) is 4.47 Å². The number of halogens is 1. The summed E-state index contributed by atoms with van der Waals surface area (Å²) < 4.78 is 3.38. The van der Waals surface area contributed by atoms with E-state index in [1.807, 2.05) is 0 Å². The maximum atomic E-state index is 4.71. The molecular formula is C16H30BrN3. The van der Waals surface area contributed by atoms with Crippen molar-refractivity contribution in [3.05, 3.63) is 15.9 Å². The molecule has 0 saturated heterocycles. The van der Waals surface area contributed by atoms with Crippen molar-refractivity contribution in [1.29, 1.82) is 0 Å². The summed E-state index contributed by atoms with van der Waals surface area (Å²) in [6.07, 6.45) is 4.50. The molecular weight excluding hydrogens is 314 g/mol. The number of likely N-dealkylation sites (N-methyl/N-ethyl adjacent to an activating group) is 1. The lowest BCUT2D eigenvalue weighted by molar-refractivity contribution is 0.330. The molecule has 1 rings (SSSR count). The Hall–Kier alpha value is -0.350. The van der Waals surface area contributed by atoms with Crippen molar-refractivity contribution < 1.29 is 0 Å². The summed E-state index contributed by atoms with van der Waals surface area (Å²) in [7, 11) is 0. The Bertz CT molecular complexity index is 397. The third-order valence-corrected chi connectivity index (χ3v) is 5.11. The molecule has 1 aromatic heterocycles. The Morgan fingerprint density at radius 1 is 1.15 bits per heavy atom. The third-order valence-electron chi connectivity index (χ3n) is 4.19. The smallest absolute Gasteiger partial charge is 0.0766 e. The summed E-state index contributed by atoms with van der Waals surface area (Å²) in [4.78, 5) is 0. The van der Waals surface area contributed by atoms with Crippen LogP contribution in [0.4, 0.5) is 0 Å². The maximum absolute atomic E-state index is 4.71. The second kappa shape index (κ2) is 8.83. The monoisotopic (exact) mass is 343 g/mol. The number of nitrogens with one attached hydrogen (secondary N) is 1. The molecule has 1 atom stereocenters. The first-order valence-corrected chi connectivity index (χ1v) is 8.89. The van der Waals surface area contributed by atoms with E-state index in [1.165, 1.54) is 28.7 Å². The van der Waals surface area contributed by atoms with Gasteiger partial charge in [-0.05, 0) is 41.7 Å². The van der Waals surface area contributed by atoms with Crippen LogP contribution < -0.4 is 5.32 Å². The first kappa shape index (κ1) is 17.7. The molecule has 0 spiro atoms. The van der Waals surface area contributed by atoms with Gasteiger partial charge in [-0.25, -0.2) is 0 Å². The van der Waals surface area contributed by atoms with Crippen LogP contribution in [0.3, 0.4) is 0 Å². The number of hydrogen-bond donors (Lipinski definition) is 1. The second-order valence-corrected chi connectivity index (χ2v) is 6.11. The van der Waals surface area contributed by atoms with Crippen LogP contribution in [-0.4, -0.2) is 22.4 Å². The molecule has 0 aliphatic carbocycles. The van der Waals surface area contributed by atoms with Gasteiger partial charge in [-0.1, -0.05) is 40.5 Å². The van der Waals surface area contributed by atoms with Gasteiger partial charge >= 0.3 is 0 Å². The first-order chi connectivity index (χ1) is 9.62. The predicted octanol–water partition coefficient (Wildman–Crippen LogP) is 4.18. The zero-order valence-corrected chi connectivity index (χ0v) is 15.3. The average Bonchev–Trinajstić information content (AvgIpc) is 2.76. The number of aryl methyl sites for hydroxylation is 2. The Balaban J connectivity index is 3.00. The van der Waals surface area contributed by atoms with E-state index < -0.39 is 0 Å². The van der Waals surface area contributed by atoms with Crippen molar-refractivity contribution in [3.8, 4) is 0 Å². The molecule has 0 aliphatic heterocycles. The van der Waals surface area contributed by atoms with Gasteiger partial charge in [0.25, 0.3) is 0 Å². The zero-order valence-electron chi connectivity index (χ0n) is 13.7. The Kier molecular flexibility index (Phi) is 7.82. The second-order valence-electron chi connectivity index (χ2n) is 5.32. The van der Waals surface area contributed by atoms with Gasteiger partial charge in [0.1, 0.15) is 0 Å². The quantitative estimate of drug-likeness (QED) is 0.728. The summed E-state index contributed by atoms with van der Waals surface area (Å²) in [6.45, 7) is 13.1. The van der Waals surface area contributed by atoms with E-state index in [2.05, 4.69) is 60.5 Å². The molecule has 4 heteroatoms. The van der Waals surface area contributed by atoms with E-state index >= 15 is 0 Å². The fraction of sp³-hybridized carbons (Fsp3) is 0.812. The fourth-order valence-electron chi connectivity index (χ4n) is 2.95. The van der Waals surface area contributed by atoms with Gasteiger partial charge in [0, 0.05) is 19.0 Å². The molecule has 0 fully saturated rings. The van der Waals surface area contributed by atoms with Crippen LogP contribution in [0.5, 0.6) is 0 Å². The van der Waals surface area contributed by atoms with Crippen molar-refractivity contribution in [2.45, 2.75) is 72.9 Å². The van der Waals surface area contributed by atoms with E-state index in [0.29, 0.717) is 6.04 Å². The summed E-state index contributed by atoms with van der Waals surface area (Å²) >= 11 is 3.76. The van der Waals surface area contributed by atoms with Gasteiger partial charge < -0.3 is 5.32 Å². The van der Waals surface area contributed by atoms with Crippen molar-refractivity contribution >= 4 is 15.9 Å². The number of nitrogens with zero attached hydrogens (tertiary/aromatic N) is 2. The standard InChI is InChI=1S/C16H30BrN3/c1-6-12(7-2)14(18-9-4)11-15-16(17)13(8-3)19-20(15)10-5/h12,14,18H,6-11H2,1-5H3. The average molecular weight is 344 g/mol. The van der Waals surface area contributed by atoms with Gasteiger partial charge in [-0.15, -0.1) is 0 Å². The minimum atomic E-state index is 0.540. The third kappa shape index (κ3) is 4.08. The van der Waals surface area contributed by atoms with Crippen LogP contribution >= 0.6 is 15.9 Å². The molecule has 1 unspecified atom stereocenters. The van der Waals surface area contributed by atoms with Crippen LogP contribution in [0.2, 0.25) is 0 Å². The molecule has 0 aromatic carbocycles. The van der Waals surface area contributed by atoms with E-state index in [1.54, 1.807) is 0 Å². The molecule has 0 saturated carbocycles. The molecule has 0 radical (unpaired) electrons. The Labute approximate surface area is 132 Å². The molecule has 1 N–H and O–H groups in total. The van der Waals surface area contributed by atoms with E-state index in [0.717, 1.165) is 31.8 Å². The highest BCUT2D eigenvalue weighted by molar-refractivity contribution is 9.10. The molecule has 0 bridgehead atoms. The number of aromatic nitrogens is 2. The Morgan fingerprint density at radius 2 is 1.80 bits per heavy atom. The largest absolute Gasteiger partial charge is 0.314 e. The fourth-order valence-corrected chi connectivity index (χ4v) is 3.67. The summed E-state index contributed by atoms with van der Waals surface area (Å²) in [5.74, 6) is 0.729. The van der Waals surface area contributed by atoms with Crippen LogP contribution in [0.1, 0.15) is 58.8 Å². The van der Waals surface area contributed by atoms with Gasteiger partial charge in [0.05, 0.1) is 15.9 Å². The summed E-state index contributed by atoms with van der Waals surface area (Å²) in [5.41, 5.74) is 2.53. The van der Waals surface area contributed by atoms with Crippen LogP contribution in [0, 0.1) is 5.92 Å². The minimum Gasteiger partial charge on any atom is -0.314 e. The molecule has 1 heterocycles. The van der Waals surface area contributed by atoms with E-state index in [-0.39, 0.29) is 0 Å². The highest BCUT2D eigenvalue weighted by Crippen LogP contribution is 2.26. The molecule has 0 aliphatic rings. The van der Waals surface area contributed by atoms with Crippen LogP contribution in [-0.2, 0) is 19.4 Å². The van der Waals surface area contributed by atoms with Crippen molar-refractivity contribution in [1.82, 2.24) is 15.1 Å². The molecule has 1 aromatic rings. The predicted molar refractivity (Wildman–Crippen MR) is 90.2 cm³/mol. The maximum Gasteiger partial charge on any atom is 0.0766 e. The topological polar surface area (TPSA) is 29.9 Å². The van der Waals surface area contributed by atoms with Gasteiger partial charge in [0.2, 0.25) is 0 Å². The van der Waals surface area contributed by atoms with Gasteiger partial charge in [-0.2, -0.15) is 5.10 Å². The van der Waals surface area contributed by atoms with Crippen molar-refractivity contribution in [2.24, 2.45) is 5.92 Å². The normalized spacial score (nSPS) is 13.2. The lowest BCUT2D eigenvalue weighted by atomic mass is 9.90.